The highest BCUT2D eigenvalue weighted by Gasteiger charge is 2.13. The van der Waals surface area contributed by atoms with Crippen LogP contribution in [-0.2, 0) is 0 Å². The van der Waals surface area contributed by atoms with Gasteiger partial charge in [-0.25, -0.2) is 0 Å². The highest BCUT2D eigenvalue weighted by molar-refractivity contribution is 6.10. The van der Waals surface area contributed by atoms with Crippen molar-refractivity contribution in [1.29, 1.82) is 0 Å². The quantitative estimate of drug-likeness (QED) is 0.656. The lowest BCUT2D eigenvalue weighted by Crippen LogP contribution is -2.20. The van der Waals surface area contributed by atoms with Gasteiger partial charge in [-0.3, -0.25) is 9.59 Å². The van der Waals surface area contributed by atoms with Crippen molar-refractivity contribution in [2.24, 2.45) is 11.5 Å². The second-order valence-electron chi connectivity index (χ2n) is 2.80. The van der Waals surface area contributed by atoms with Gasteiger partial charge in [0.2, 0.25) is 0 Å². The van der Waals surface area contributed by atoms with Crippen molar-refractivity contribution >= 4 is 11.6 Å². The van der Waals surface area contributed by atoms with Crippen LogP contribution in [0.2, 0.25) is 0 Å². The molecule has 0 radical (unpaired) electrons. The fourth-order valence-corrected chi connectivity index (χ4v) is 1.19. The Labute approximate surface area is 81.9 Å². The van der Waals surface area contributed by atoms with Crippen LogP contribution in [0.1, 0.15) is 20.7 Å². The molecule has 14 heavy (non-hydrogen) atoms. The van der Waals surface area contributed by atoms with Crippen LogP contribution in [0.5, 0.6) is 0 Å². The molecule has 0 aromatic heterocycles. The molecule has 0 spiro atoms. The van der Waals surface area contributed by atoms with Crippen molar-refractivity contribution in [1.82, 2.24) is 0 Å². The molecule has 1 aromatic carbocycles. The average Bonchev–Trinajstić information content (AvgIpc) is 2.27. The van der Waals surface area contributed by atoms with Crippen LogP contribution in [0.15, 0.2) is 24.3 Å². The molecule has 0 amide bonds. The topological polar surface area (TPSA) is 86.2 Å². The zero-order chi connectivity index (χ0) is 10.6. The van der Waals surface area contributed by atoms with Crippen LogP contribution >= 0.6 is 0 Å². The molecule has 0 aliphatic rings. The van der Waals surface area contributed by atoms with E-state index in [2.05, 4.69) is 0 Å². The van der Waals surface area contributed by atoms with Gasteiger partial charge in [0.05, 0.1) is 13.1 Å². The van der Waals surface area contributed by atoms with Gasteiger partial charge in [-0.05, 0) is 0 Å². The van der Waals surface area contributed by atoms with E-state index in [0.717, 1.165) is 0 Å². The van der Waals surface area contributed by atoms with Gasteiger partial charge >= 0.3 is 0 Å². The minimum atomic E-state index is -0.248. The number of carbonyl (C=O) groups excluding carboxylic acids is 2. The van der Waals surface area contributed by atoms with Gasteiger partial charge in [-0.2, -0.15) is 0 Å². The van der Waals surface area contributed by atoms with Crippen LogP contribution < -0.4 is 11.5 Å². The van der Waals surface area contributed by atoms with Gasteiger partial charge in [0.25, 0.3) is 0 Å². The van der Waals surface area contributed by atoms with E-state index in [1.807, 2.05) is 0 Å². The van der Waals surface area contributed by atoms with Gasteiger partial charge in [-0.15, -0.1) is 0 Å². The Kier molecular flexibility index (Phi) is 3.50. The van der Waals surface area contributed by atoms with Crippen molar-refractivity contribution in [3.8, 4) is 0 Å². The van der Waals surface area contributed by atoms with E-state index in [4.69, 9.17) is 11.5 Å². The first-order valence-electron chi connectivity index (χ1n) is 4.26. The molecule has 1 aromatic rings. The summed E-state index contributed by atoms with van der Waals surface area (Å²) in [7, 11) is 0. The number of hydrogen-bond acceptors (Lipinski definition) is 4. The Balaban J connectivity index is 3.15. The third kappa shape index (κ3) is 2.04. The molecule has 4 nitrogen and oxygen atoms in total. The Hall–Kier alpha value is -1.52. The van der Waals surface area contributed by atoms with Crippen LogP contribution in [-0.4, -0.2) is 24.7 Å². The summed E-state index contributed by atoms with van der Waals surface area (Å²) in [5.74, 6) is -0.496. The summed E-state index contributed by atoms with van der Waals surface area (Å²) in [6, 6.07) is 6.54. The molecule has 0 unspecified atom stereocenters. The Morgan fingerprint density at radius 1 is 0.929 bits per heavy atom. The van der Waals surface area contributed by atoms with Crippen molar-refractivity contribution < 1.29 is 9.59 Å². The van der Waals surface area contributed by atoms with Gasteiger partial charge in [0, 0.05) is 11.1 Å². The number of rotatable bonds is 4. The van der Waals surface area contributed by atoms with Gasteiger partial charge in [-0.1, -0.05) is 24.3 Å². The lowest BCUT2D eigenvalue weighted by atomic mass is 10.0. The Bertz CT molecular complexity index is 326. The zero-order valence-corrected chi connectivity index (χ0v) is 7.69. The summed E-state index contributed by atoms with van der Waals surface area (Å²) in [5.41, 5.74) is 11.1. The molecular weight excluding hydrogens is 180 g/mol. The first kappa shape index (κ1) is 10.6. The predicted octanol–water partition coefficient (Wildman–Crippen LogP) is -0.0306. The summed E-state index contributed by atoms with van der Waals surface area (Å²) in [6.45, 7) is -0.205. The van der Waals surface area contributed by atoms with Crippen molar-refractivity contribution in [2.45, 2.75) is 0 Å². The van der Waals surface area contributed by atoms with Gasteiger partial charge < -0.3 is 11.5 Å². The van der Waals surface area contributed by atoms with E-state index in [9.17, 15) is 9.59 Å². The summed E-state index contributed by atoms with van der Waals surface area (Å²) >= 11 is 0. The summed E-state index contributed by atoms with van der Waals surface area (Å²) < 4.78 is 0. The van der Waals surface area contributed by atoms with Crippen LogP contribution in [0.25, 0.3) is 0 Å². The van der Waals surface area contributed by atoms with Gasteiger partial charge in [0.15, 0.2) is 11.6 Å². The standard InChI is InChI=1S/C10H12N2O2/c11-5-9(13)7-3-1-2-4-8(7)10(14)6-12/h1-4H,5-6,11-12H2. The molecule has 0 heterocycles. The summed E-state index contributed by atoms with van der Waals surface area (Å²) in [6.07, 6.45) is 0. The smallest absolute Gasteiger partial charge is 0.177 e. The first-order valence-corrected chi connectivity index (χ1v) is 4.26. The molecule has 74 valence electrons. The number of nitrogens with two attached hydrogens (primary N) is 2. The van der Waals surface area contributed by atoms with Crippen LogP contribution in [0.3, 0.4) is 0 Å². The lowest BCUT2D eigenvalue weighted by Gasteiger charge is -2.04. The first-order chi connectivity index (χ1) is 6.70. The third-order valence-corrected chi connectivity index (χ3v) is 1.90. The second kappa shape index (κ2) is 4.64. The zero-order valence-electron chi connectivity index (χ0n) is 7.69. The largest absolute Gasteiger partial charge is 0.324 e. The maximum Gasteiger partial charge on any atom is 0.177 e. The number of ketones is 2. The molecule has 4 N–H and O–H groups in total. The SMILES string of the molecule is NCC(=O)c1ccccc1C(=O)CN. The monoisotopic (exact) mass is 192 g/mol. The lowest BCUT2D eigenvalue weighted by molar-refractivity contribution is 0.0969. The molecule has 0 bridgehead atoms. The normalized spacial score (nSPS) is 9.86. The molecule has 0 saturated carbocycles. The Morgan fingerprint density at radius 2 is 1.29 bits per heavy atom. The fraction of sp³-hybridized carbons (Fsp3) is 0.200. The average molecular weight is 192 g/mol. The summed E-state index contributed by atoms with van der Waals surface area (Å²) in [4.78, 5) is 22.7. The van der Waals surface area contributed by atoms with E-state index in [0.29, 0.717) is 11.1 Å². The van der Waals surface area contributed by atoms with E-state index in [1.54, 1.807) is 24.3 Å². The van der Waals surface area contributed by atoms with Crippen molar-refractivity contribution in [3.05, 3.63) is 35.4 Å². The fourth-order valence-electron chi connectivity index (χ4n) is 1.19. The Morgan fingerprint density at radius 3 is 1.57 bits per heavy atom. The highest BCUT2D eigenvalue weighted by Crippen LogP contribution is 2.09. The van der Waals surface area contributed by atoms with Gasteiger partial charge in [0.1, 0.15) is 0 Å². The molecule has 0 saturated heterocycles. The van der Waals surface area contributed by atoms with Crippen LogP contribution in [0, 0.1) is 0 Å². The van der Waals surface area contributed by atoms with Crippen LogP contribution in [0.4, 0.5) is 0 Å². The number of carbonyl (C=O) groups is 2. The second-order valence-corrected chi connectivity index (χ2v) is 2.80. The predicted molar refractivity (Wildman–Crippen MR) is 53.2 cm³/mol. The molecule has 0 atom stereocenters. The third-order valence-electron chi connectivity index (χ3n) is 1.90. The minimum Gasteiger partial charge on any atom is -0.324 e. The minimum absolute atomic E-state index is 0.102. The van der Waals surface area contributed by atoms with E-state index in [-0.39, 0.29) is 24.7 Å². The van der Waals surface area contributed by atoms with Crippen molar-refractivity contribution in [3.63, 3.8) is 0 Å². The molecule has 4 heteroatoms. The summed E-state index contributed by atoms with van der Waals surface area (Å²) in [5, 5.41) is 0. The highest BCUT2D eigenvalue weighted by atomic mass is 16.1. The molecule has 0 aliphatic heterocycles. The number of benzene rings is 1. The molecule has 0 aliphatic carbocycles. The maximum absolute atomic E-state index is 11.3. The molecular formula is C10H12N2O2. The number of hydrogen-bond donors (Lipinski definition) is 2. The van der Waals surface area contributed by atoms with E-state index >= 15 is 0 Å². The molecule has 1 rings (SSSR count). The maximum atomic E-state index is 11.3. The van der Waals surface area contributed by atoms with Crippen molar-refractivity contribution in [2.75, 3.05) is 13.1 Å². The van der Waals surface area contributed by atoms with E-state index < -0.39 is 0 Å². The number of Topliss-reactive ketones (excluding diaryl/α,β-unsaturated/α-hetero) is 2. The van der Waals surface area contributed by atoms with E-state index in [1.165, 1.54) is 0 Å². The molecule has 0 fully saturated rings.